The highest BCUT2D eigenvalue weighted by Crippen LogP contribution is 2.39. The molecule has 13 heteroatoms. The number of nitrogens with zero attached hydrogens (tertiary/aromatic N) is 6. The van der Waals surface area contributed by atoms with Gasteiger partial charge in [0.25, 0.3) is 0 Å². The van der Waals surface area contributed by atoms with Gasteiger partial charge in [-0.1, -0.05) is 19.9 Å². The van der Waals surface area contributed by atoms with Crippen LogP contribution in [0.4, 0.5) is 15.9 Å². The fourth-order valence-electron chi connectivity index (χ4n) is 9.00. The van der Waals surface area contributed by atoms with Crippen molar-refractivity contribution in [1.82, 2.24) is 35.3 Å². The Bertz CT molecular complexity index is 2040. The van der Waals surface area contributed by atoms with Gasteiger partial charge in [-0.05, 0) is 86.6 Å². The molecule has 1 aromatic carbocycles. The van der Waals surface area contributed by atoms with E-state index in [1.807, 2.05) is 25.1 Å². The molecule has 0 radical (unpaired) electrons. The topological polar surface area (TPSA) is 134 Å². The lowest BCUT2D eigenvalue weighted by Gasteiger charge is -2.41. The summed E-state index contributed by atoms with van der Waals surface area (Å²) in [5.41, 5.74) is 6.32. The van der Waals surface area contributed by atoms with Crippen LogP contribution >= 0.6 is 0 Å². The predicted molar refractivity (Wildman–Crippen MR) is 207 cm³/mol. The van der Waals surface area contributed by atoms with Crippen LogP contribution in [0.3, 0.4) is 0 Å². The normalized spacial score (nSPS) is 21.9. The van der Waals surface area contributed by atoms with Gasteiger partial charge in [0.2, 0.25) is 17.7 Å². The van der Waals surface area contributed by atoms with Gasteiger partial charge in [0.1, 0.15) is 17.3 Å². The molecule has 3 saturated heterocycles. The fourth-order valence-corrected chi connectivity index (χ4v) is 9.00. The number of imide groups is 1. The summed E-state index contributed by atoms with van der Waals surface area (Å²) in [6, 6.07) is 8.81. The molecule has 0 saturated carbocycles. The first-order valence-electron chi connectivity index (χ1n) is 19.6. The van der Waals surface area contributed by atoms with E-state index < -0.39 is 5.82 Å². The number of fused-ring (bicyclic) bond motifs is 2. The van der Waals surface area contributed by atoms with Gasteiger partial charge in [-0.25, -0.2) is 9.37 Å². The van der Waals surface area contributed by atoms with E-state index in [0.29, 0.717) is 18.8 Å². The Kier molecular flexibility index (Phi) is 9.80. The van der Waals surface area contributed by atoms with Crippen LogP contribution in [-0.2, 0) is 27.2 Å². The number of piperidine rings is 2. The number of aromatic nitrogens is 4. The Hall–Kier alpha value is -4.62. The molecule has 54 heavy (non-hydrogen) atoms. The van der Waals surface area contributed by atoms with Crippen molar-refractivity contribution in [3.8, 4) is 11.4 Å². The second kappa shape index (κ2) is 14.6. The minimum atomic E-state index is -0.419. The molecule has 1 aliphatic carbocycles. The molecule has 4 aromatic rings. The van der Waals surface area contributed by atoms with E-state index >= 15 is 4.39 Å². The number of carbonyl (C=O) groups excluding carboxylic acids is 3. The van der Waals surface area contributed by atoms with Gasteiger partial charge in [0.05, 0.1) is 23.3 Å². The first-order valence-corrected chi connectivity index (χ1v) is 19.6. The van der Waals surface area contributed by atoms with E-state index in [1.54, 1.807) is 19.3 Å². The second-order valence-electron chi connectivity index (χ2n) is 16.7. The van der Waals surface area contributed by atoms with Crippen molar-refractivity contribution in [3.05, 3.63) is 59.2 Å². The number of nitrogens with one attached hydrogen (secondary N) is 3. The molecule has 3 amide bonds. The number of halogens is 1. The highest BCUT2D eigenvalue weighted by molar-refractivity contribution is 6.01. The number of hydrogen-bond acceptors (Lipinski definition) is 8. The van der Waals surface area contributed by atoms with E-state index in [2.05, 4.69) is 54.0 Å². The fraction of sp³-hybridized carbons (Fsp3) is 0.537. The minimum absolute atomic E-state index is 0.122. The number of pyridine rings is 1. The Morgan fingerprint density at radius 3 is 2.54 bits per heavy atom. The summed E-state index contributed by atoms with van der Waals surface area (Å²) < 4.78 is 15.6. The van der Waals surface area contributed by atoms with Crippen LogP contribution in [0.5, 0.6) is 0 Å². The second-order valence-corrected chi connectivity index (χ2v) is 16.7. The van der Waals surface area contributed by atoms with Crippen molar-refractivity contribution in [2.24, 2.45) is 11.3 Å². The number of anilines is 2. The largest absolute Gasteiger partial charge is 0.357 e. The maximum absolute atomic E-state index is 15.6. The first-order chi connectivity index (χ1) is 25.9. The van der Waals surface area contributed by atoms with Crippen LogP contribution in [0.1, 0.15) is 75.6 Å². The summed E-state index contributed by atoms with van der Waals surface area (Å²) in [5, 5.41) is 11.1. The van der Waals surface area contributed by atoms with Crippen molar-refractivity contribution in [1.29, 1.82) is 0 Å². The highest BCUT2D eigenvalue weighted by Gasteiger charge is 2.33. The van der Waals surface area contributed by atoms with E-state index in [0.717, 1.165) is 112 Å². The van der Waals surface area contributed by atoms with Crippen LogP contribution in [0.15, 0.2) is 36.5 Å². The Morgan fingerprint density at radius 2 is 1.81 bits per heavy atom. The van der Waals surface area contributed by atoms with Gasteiger partial charge < -0.3 is 19.7 Å². The number of rotatable bonds is 8. The lowest BCUT2D eigenvalue weighted by Crippen LogP contribution is -2.55. The van der Waals surface area contributed by atoms with Crippen molar-refractivity contribution in [3.63, 3.8) is 0 Å². The molecule has 3 N–H and O–H groups in total. The maximum Gasteiger partial charge on any atom is 0.243 e. The molecular formula is C41H52FN9O3. The maximum atomic E-state index is 15.6. The lowest BCUT2D eigenvalue weighted by atomic mass is 9.76. The van der Waals surface area contributed by atoms with E-state index in [1.165, 1.54) is 22.2 Å². The van der Waals surface area contributed by atoms with Crippen LogP contribution in [0.25, 0.3) is 22.3 Å². The molecule has 4 aliphatic rings. The average molecular weight is 738 g/mol. The van der Waals surface area contributed by atoms with Gasteiger partial charge in [0, 0.05) is 87.6 Å². The summed E-state index contributed by atoms with van der Waals surface area (Å²) in [5.74, 6) is 0.219. The number of H-pyrrole nitrogens is 2. The van der Waals surface area contributed by atoms with Crippen LogP contribution in [-0.4, -0.2) is 107 Å². The van der Waals surface area contributed by atoms with Crippen LogP contribution in [0.2, 0.25) is 0 Å². The number of likely N-dealkylation sites (N-methyl/N-ethyl adjacent to an activating group) is 1. The molecule has 3 aliphatic heterocycles. The van der Waals surface area contributed by atoms with Crippen molar-refractivity contribution < 1.29 is 18.8 Å². The lowest BCUT2D eigenvalue weighted by molar-refractivity contribution is -0.134. The van der Waals surface area contributed by atoms with Gasteiger partial charge >= 0.3 is 0 Å². The molecule has 0 bridgehead atoms. The number of piperazine rings is 1. The molecule has 2 unspecified atom stereocenters. The van der Waals surface area contributed by atoms with Gasteiger partial charge in [-0.3, -0.25) is 29.7 Å². The Morgan fingerprint density at radius 1 is 1.04 bits per heavy atom. The molecule has 3 fully saturated rings. The van der Waals surface area contributed by atoms with Crippen LogP contribution < -0.4 is 15.1 Å². The molecular weight excluding hydrogens is 686 g/mol. The number of amides is 3. The molecule has 2 atom stereocenters. The third-order valence-corrected chi connectivity index (χ3v) is 12.5. The standard InChI is InChI=1S/C41H52FN9O3/c1-25(40(54)48(4)35-21-32-28(19-31(35)42)20-33(44-32)38-30-9-12-41(2,3)22-34(30)46-47-38)50-17-15-49(16-18-50)24-26-10-13-51(14-11-26)36-7-5-27(23-43-36)29-6-8-37(52)45-39(29)53/h5,7,19-21,23,25-26,29,44H,6,8-18,22,24H2,1-4H3,(H,46,47)(H,45,52,53). The summed E-state index contributed by atoms with van der Waals surface area (Å²) in [6.45, 7) is 12.8. The molecule has 286 valence electrons. The highest BCUT2D eigenvalue weighted by atomic mass is 19.1. The van der Waals surface area contributed by atoms with Crippen LogP contribution in [0, 0.1) is 17.2 Å². The third kappa shape index (κ3) is 7.27. The average Bonchev–Trinajstić information content (AvgIpc) is 3.77. The number of carbonyl (C=O) groups is 3. The summed E-state index contributed by atoms with van der Waals surface area (Å²) in [7, 11) is 1.67. The quantitative estimate of drug-likeness (QED) is 0.215. The third-order valence-electron chi connectivity index (χ3n) is 12.5. The number of benzene rings is 1. The van der Waals surface area contributed by atoms with Gasteiger partial charge in [-0.15, -0.1) is 0 Å². The van der Waals surface area contributed by atoms with Gasteiger partial charge in [0.15, 0.2) is 0 Å². The number of hydrogen-bond donors (Lipinski definition) is 3. The zero-order valence-corrected chi connectivity index (χ0v) is 31.9. The molecule has 3 aromatic heterocycles. The number of aromatic amines is 2. The van der Waals surface area contributed by atoms with E-state index in [-0.39, 0.29) is 40.8 Å². The zero-order valence-electron chi connectivity index (χ0n) is 31.9. The van der Waals surface area contributed by atoms with Crippen molar-refractivity contribution in [2.45, 2.75) is 77.7 Å². The van der Waals surface area contributed by atoms with Crippen molar-refractivity contribution in [2.75, 3.05) is 62.7 Å². The van der Waals surface area contributed by atoms with Crippen molar-refractivity contribution >= 4 is 40.1 Å². The first kappa shape index (κ1) is 36.4. The summed E-state index contributed by atoms with van der Waals surface area (Å²) >= 11 is 0. The molecule has 0 spiro atoms. The smallest absolute Gasteiger partial charge is 0.243 e. The zero-order chi connectivity index (χ0) is 37.7. The van der Waals surface area contributed by atoms with Gasteiger partial charge in [-0.2, -0.15) is 5.10 Å². The monoisotopic (exact) mass is 737 g/mol. The summed E-state index contributed by atoms with van der Waals surface area (Å²) in [4.78, 5) is 54.2. The molecule has 12 nitrogen and oxygen atoms in total. The molecule has 6 heterocycles. The predicted octanol–water partition coefficient (Wildman–Crippen LogP) is 5.01. The van der Waals surface area contributed by atoms with E-state index in [4.69, 9.17) is 0 Å². The molecule has 8 rings (SSSR count). The Balaban J connectivity index is 0.820. The van der Waals surface area contributed by atoms with E-state index in [9.17, 15) is 14.4 Å². The SMILES string of the molecule is CC(C(=O)N(C)c1cc2[nH]c(-c3n[nH]c4c3CCC(C)(C)C4)cc2cc1F)N1CCN(CC2CCN(c3ccc(C4CCC(=O)NC4=O)cn3)CC2)CC1. The minimum Gasteiger partial charge on any atom is -0.357 e. The summed E-state index contributed by atoms with van der Waals surface area (Å²) in [6.07, 6.45) is 7.84. The Labute approximate surface area is 315 Å².